The van der Waals surface area contributed by atoms with Crippen LogP contribution in [0.5, 0.6) is 11.5 Å². The Morgan fingerprint density at radius 2 is 1.92 bits per heavy atom. The van der Waals surface area contributed by atoms with Crippen molar-refractivity contribution in [2.75, 3.05) is 20.8 Å². The summed E-state index contributed by atoms with van der Waals surface area (Å²) in [6, 6.07) is 11.1. The van der Waals surface area contributed by atoms with Gasteiger partial charge < -0.3 is 19.2 Å². The average molecular weight is 374 g/mol. The van der Waals surface area contributed by atoms with Gasteiger partial charge in [-0.1, -0.05) is 17.7 Å². The predicted molar refractivity (Wildman–Crippen MR) is 101 cm³/mol. The van der Waals surface area contributed by atoms with E-state index in [1.165, 1.54) is 0 Å². The Bertz CT molecular complexity index is 919. The fourth-order valence-corrected chi connectivity index (χ4v) is 2.98. The molecule has 136 valence electrons. The van der Waals surface area contributed by atoms with Gasteiger partial charge in [-0.3, -0.25) is 4.79 Å². The SMILES string of the molecule is COc1ccc(CCNC(=O)Cc2coc3ccc(Cl)cc23)cc1OC. The molecule has 1 heterocycles. The number of nitrogens with one attached hydrogen (secondary N) is 1. The van der Waals surface area contributed by atoms with Crippen molar-refractivity contribution in [2.24, 2.45) is 0 Å². The van der Waals surface area contributed by atoms with E-state index in [0.29, 0.717) is 29.5 Å². The molecule has 0 saturated carbocycles. The summed E-state index contributed by atoms with van der Waals surface area (Å²) in [7, 11) is 3.20. The standard InChI is InChI=1S/C20H20ClNO4/c1-24-18-5-3-13(9-19(18)25-2)7-8-22-20(23)10-14-12-26-17-6-4-15(21)11-16(14)17/h3-6,9,11-12H,7-8,10H2,1-2H3,(H,22,23). The van der Waals surface area contributed by atoms with Gasteiger partial charge in [0.25, 0.3) is 0 Å². The van der Waals surface area contributed by atoms with Crippen LogP contribution in [-0.2, 0) is 17.6 Å². The number of fused-ring (bicyclic) bond motifs is 1. The lowest BCUT2D eigenvalue weighted by Crippen LogP contribution is -2.27. The van der Waals surface area contributed by atoms with Gasteiger partial charge in [-0.25, -0.2) is 0 Å². The van der Waals surface area contributed by atoms with Crippen molar-refractivity contribution in [3.05, 3.63) is 58.8 Å². The molecular formula is C20H20ClNO4. The number of ether oxygens (including phenoxy) is 2. The van der Waals surface area contributed by atoms with Crippen LogP contribution >= 0.6 is 11.6 Å². The summed E-state index contributed by atoms with van der Waals surface area (Å²) in [6.45, 7) is 0.533. The normalized spacial score (nSPS) is 10.7. The van der Waals surface area contributed by atoms with Crippen LogP contribution in [0.2, 0.25) is 5.02 Å². The predicted octanol–water partition coefficient (Wildman–Crippen LogP) is 4.00. The van der Waals surface area contributed by atoms with Crippen molar-refractivity contribution < 1.29 is 18.7 Å². The Kier molecular flexibility index (Phi) is 5.68. The summed E-state index contributed by atoms with van der Waals surface area (Å²) in [5.41, 5.74) is 2.61. The van der Waals surface area contributed by atoms with Gasteiger partial charge in [-0.2, -0.15) is 0 Å². The second kappa shape index (κ2) is 8.15. The number of halogens is 1. The minimum atomic E-state index is -0.0619. The molecule has 1 amide bonds. The second-order valence-electron chi connectivity index (χ2n) is 5.87. The quantitative estimate of drug-likeness (QED) is 0.679. The minimum absolute atomic E-state index is 0.0619. The molecule has 0 aliphatic carbocycles. The van der Waals surface area contributed by atoms with Crippen LogP contribution in [0.25, 0.3) is 11.0 Å². The van der Waals surface area contributed by atoms with Crippen molar-refractivity contribution in [1.29, 1.82) is 0 Å². The van der Waals surface area contributed by atoms with E-state index in [9.17, 15) is 4.79 Å². The molecule has 1 aromatic heterocycles. The lowest BCUT2D eigenvalue weighted by molar-refractivity contribution is -0.120. The number of carbonyl (C=O) groups excluding carboxylic acids is 1. The van der Waals surface area contributed by atoms with Crippen LogP contribution in [0.15, 0.2) is 47.1 Å². The number of rotatable bonds is 7. The molecule has 0 unspecified atom stereocenters. The number of hydrogen-bond acceptors (Lipinski definition) is 4. The summed E-state index contributed by atoms with van der Waals surface area (Å²) < 4.78 is 16.0. The first-order chi connectivity index (χ1) is 12.6. The van der Waals surface area contributed by atoms with Crippen LogP contribution in [0.4, 0.5) is 0 Å². The minimum Gasteiger partial charge on any atom is -0.493 e. The first-order valence-corrected chi connectivity index (χ1v) is 8.61. The molecule has 0 bridgehead atoms. The zero-order chi connectivity index (χ0) is 18.5. The molecule has 1 N–H and O–H groups in total. The Morgan fingerprint density at radius 3 is 2.69 bits per heavy atom. The van der Waals surface area contributed by atoms with Gasteiger partial charge in [0, 0.05) is 22.5 Å². The number of amides is 1. The summed E-state index contributed by atoms with van der Waals surface area (Å²) in [4.78, 5) is 12.2. The number of benzene rings is 2. The Balaban J connectivity index is 1.56. The van der Waals surface area contributed by atoms with Crippen molar-refractivity contribution in [3.63, 3.8) is 0 Å². The topological polar surface area (TPSA) is 60.7 Å². The number of hydrogen-bond donors (Lipinski definition) is 1. The van der Waals surface area contributed by atoms with E-state index < -0.39 is 0 Å². The summed E-state index contributed by atoms with van der Waals surface area (Å²) in [5, 5.41) is 4.42. The van der Waals surface area contributed by atoms with Gasteiger partial charge in [0.15, 0.2) is 11.5 Å². The van der Waals surface area contributed by atoms with Gasteiger partial charge in [-0.05, 0) is 42.3 Å². The van der Waals surface area contributed by atoms with Crippen LogP contribution in [-0.4, -0.2) is 26.7 Å². The highest BCUT2D eigenvalue weighted by Crippen LogP contribution is 2.27. The molecule has 3 rings (SSSR count). The van der Waals surface area contributed by atoms with Gasteiger partial charge in [0.1, 0.15) is 5.58 Å². The molecule has 0 atom stereocenters. The van der Waals surface area contributed by atoms with Crippen molar-refractivity contribution in [2.45, 2.75) is 12.8 Å². The molecule has 2 aromatic carbocycles. The first-order valence-electron chi connectivity index (χ1n) is 8.24. The number of methoxy groups -OCH3 is 2. The number of furan rings is 1. The Hall–Kier alpha value is -2.66. The monoisotopic (exact) mass is 373 g/mol. The van der Waals surface area contributed by atoms with Crippen LogP contribution in [0.1, 0.15) is 11.1 Å². The highest BCUT2D eigenvalue weighted by Gasteiger charge is 2.11. The van der Waals surface area contributed by atoms with Crippen LogP contribution in [0, 0.1) is 0 Å². The van der Waals surface area contributed by atoms with E-state index in [1.807, 2.05) is 24.3 Å². The molecule has 6 heteroatoms. The Labute approximate surface area is 156 Å². The highest BCUT2D eigenvalue weighted by molar-refractivity contribution is 6.31. The molecule has 0 aliphatic rings. The van der Waals surface area contributed by atoms with Gasteiger partial charge in [0.2, 0.25) is 5.91 Å². The van der Waals surface area contributed by atoms with E-state index in [-0.39, 0.29) is 12.3 Å². The van der Waals surface area contributed by atoms with E-state index in [4.69, 9.17) is 25.5 Å². The van der Waals surface area contributed by atoms with E-state index in [1.54, 1.807) is 32.6 Å². The van der Waals surface area contributed by atoms with Crippen molar-refractivity contribution in [3.8, 4) is 11.5 Å². The lowest BCUT2D eigenvalue weighted by Gasteiger charge is -2.10. The van der Waals surface area contributed by atoms with E-state index >= 15 is 0 Å². The molecule has 26 heavy (non-hydrogen) atoms. The third-order valence-electron chi connectivity index (χ3n) is 4.15. The summed E-state index contributed by atoms with van der Waals surface area (Å²) in [5.74, 6) is 1.30. The maximum atomic E-state index is 12.2. The maximum Gasteiger partial charge on any atom is 0.224 e. The van der Waals surface area contributed by atoms with Gasteiger partial charge in [0.05, 0.1) is 26.9 Å². The smallest absolute Gasteiger partial charge is 0.224 e. The van der Waals surface area contributed by atoms with Crippen LogP contribution in [0.3, 0.4) is 0 Å². The maximum absolute atomic E-state index is 12.2. The molecule has 0 aliphatic heterocycles. The van der Waals surface area contributed by atoms with E-state index in [0.717, 1.165) is 22.1 Å². The first kappa shape index (κ1) is 18.1. The summed E-state index contributed by atoms with van der Waals surface area (Å²) in [6.07, 6.45) is 2.55. The highest BCUT2D eigenvalue weighted by atomic mass is 35.5. The Morgan fingerprint density at radius 1 is 1.12 bits per heavy atom. The van der Waals surface area contributed by atoms with Gasteiger partial charge in [-0.15, -0.1) is 0 Å². The molecule has 0 radical (unpaired) electrons. The third-order valence-corrected chi connectivity index (χ3v) is 4.39. The lowest BCUT2D eigenvalue weighted by atomic mass is 10.1. The van der Waals surface area contributed by atoms with Gasteiger partial charge >= 0.3 is 0 Å². The third kappa shape index (κ3) is 4.11. The van der Waals surface area contributed by atoms with Crippen molar-refractivity contribution >= 4 is 28.5 Å². The number of carbonyl (C=O) groups is 1. The van der Waals surface area contributed by atoms with Crippen LogP contribution < -0.4 is 14.8 Å². The molecule has 0 fully saturated rings. The van der Waals surface area contributed by atoms with E-state index in [2.05, 4.69) is 5.32 Å². The molecule has 3 aromatic rings. The second-order valence-corrected chi connectivity index (χ2v) is 6.30. The fraction of sp³-hybridized carbons (Fsp3) is 0.250. The average Bonchev–Trinajstić information content (AvgIpc) is 3.03. The fourth-order valence-electron chi connectivity index (χ4n) is 2.81. The zero-order valence-corrected chi connectivity index (χ0v) is 15.4. The largest absolute Gasteiger partial charge is 0.493 e. The van der Waals surface area contributed by atoms with Crippen molar-refractivity contribution in [1.82, 2.24) is 5.32 Å². The molecule has 0 spiro atoms. The molecular weight excluding hydrogens is 354 g/mol. The molecule has 5 nitrogen and oxygen atoms in total. The molecule has 0 saturated heterocycles. The zero-order valence-electron chi connectivity index (χ0n) is 14.7. The summed E-state index contributed by atoms with van der Waals surface area (Å²) >= 11 is 6.02.